The van der Waals surface area contributed by atoms with Crippen LogP contribution in [0.2, 0.25) is 0 Å². The number of hydrogen-bond donors (Lipinski definition) is 1. The fourth-order valence-corrected chi connectivity index (χ4v) is 4.40. The summed E-state index contributed by atoms with van der Waals surface area (Å²) in [6.07, 6.45) is 0.866. The number of aliphatic hydroxyl groups is 1. The number of amides is 1. The van der Waals surface area contributed by atoms with E-state index in [4.69, 9.17) is 4.74 Å². The molecule has 35 heavy (non-hydrogen) atoms. The lowest BCUT2D eigenvalue weighted by Crippen LogP contribution is -2.29. The van der Waals surface area contributed by atoms with Gasteiger partial charge in [0.25, 0.3) is 11.7 Å². The Bertz CT molecular complexity index is 1240. The van der Waals surface area contributed by atoms with E-state index >= 15 is 0 Å². The van der Waals surface area contributed by atoms with Crippen LogP contribution in [0.25, 0.3) is 5.76 Å². The predicted octanol–water partition coefficient (Wildman–Crippen LogP) is 6.40. The van der Waals surface area contributed by atoms with E-state index in [0.717, 1.165) is 23.1 Å². The highest BCUT2D eigenvalue weighted by Gasteiger charge is 2.47. The highest BCUT2D eigenvalue weighted by Crippen LogP contribution is 2.42. The number of carbonyl (C=O) groups is 2. The molecule has 1 amide bonds. The van der Waals surface area contributed by atoms with Crippen LogP contribution in [-0.2, 0) is 16.0 Å². The number of nitrogens with zero attached hydrogens (tertiary/aromatic N) is 1. The Hall–Kier alpha value is -3.86. The third-order valence-corrected chi connectivity index (χ3v) is 6.42. The lowest BCUT2D eigenvalue weighted by Gasteiger charge is -2.26. The molecule has 3 aromatic rings. The fourth-order valence-electron chi connectivity index (χ4n) is 4.40. The Morgan fingerprint density at radius 3 is 2.09 bits per heavy atom. The van der Waals surface area contributed by atoms with E-state index in [1.807, 2.05) is 43.3 Å². The van der Waals surface area contributed by atoms with Crippen molar-refractivity contribution in [3.8, 4) is 5.75 Å². The second-order valence-corrected chi connectivity index (χ2v) is 8.97. The Morgan fingerprint density at radius 1 is 0.914 bits per heavy atom. The maximum atomic E-state index is 13.3. The Labute approximate surface area is 206 Å². The number of hydrogen-bond acceptors (Lipinski definition) is 4. The van der Waals surface area contributed by atoms with Crippen LogP contribution in [0, 0.1) is 0 Å². The quantitative estimate of drug-likeness (QED) is 0.247. The molecule has 5 nitrogen and oxygen atoms in total. The number of ether oxygens (including phenoxy) is 1. The maximum absolute atomic E-state index is 13.3. The van der Waals surface area contributed by atoms with E-state index in [1.165, 1.54) is 4.90 Å². The number of rotatable bonds is 7. The maximum Gasteiger partial charge on any atom is 0.300 e. The van der Waals surface area contributed by atoms with Gasteiger partial charge in [0.05, 0.1) is 18.2 Å². The number of carbonyl (C=O) groups excluding carboxylic acids is 2. The molecule has 0 bridgehead atoms. The van der Waals surface area contributed by atoms with Crippen molar-refractivity contribution < 1.29 is 19.4 Å². The summed E-state index contributed by atoms with van der Waals surface area (Å²) in [4.78, 5) is 28.1. The molecule has 180 valence electrons. The second kappa shape index (κ2) is 10.2. The van der Waals surface area contributed by atoms with Crippen molar-refractivity contribution in [1.29, 1.82) is 0 Å². The second-order valence-electron chi connectivity index (χ2n) is 8.97. The molecule has 0 spiro atoms. The molecule has 5 heteroatoms. The first-order chi connectivity index (χ1) is 16.8. The summed E-state index contributed by atoms with van der Waals surface area (Å²) in [7, 11) is 0. The molecule has 1 N–H and O–H groups in total. The van der Waals surface area contributed by atoms with E-state index in [1.54, 1.807) is 36.4 Å². The van der Waals surface area contributed by atoms with Crippen molar-refractivity contribution in [3.63, 3.8) is 0 Å². The normalized spacial score (nSPS) is 17.3. The summed E-state index contributed by atoms with van der Waals surface area (Å²) in [5.41, 5.74) is 4.20. The molecule has 0 aliphatic carbocycles. The zero-order valence-corrected chi connectivity index (χ0v) is 20.6. The van der Waals surface area contributed by atoms with Crippen molar-refractivity contribution in [2.75, 3.05) is 11.5 Å². The van der Waals surface area contributed by atoms with Gasteiger partial charge in [-0.3, -0.25) is 14.5 Å². The van der Waals surface area contributed by atoms with Crippen LogP contribution in [0.4, 0.5) is 5.69 Å². The first kappa shape index (κ1) is 24.3. The molecule has 0 saturated carbocycles. The highest BCUT2D eigenvalue weighted by atomic mass is 16.5. The van der Waals surface area contributed by atoms with Crippen LogP contribution < -0.4 is 9.64 Å². The molecule has 1 unspecified atom stereocenters. The van der Waals surface area contributed by atoms with Gasteiger partial charge in [-0.25, -0.2) is 0 Å². The minimum absolute atomic E-state index is 0.0884. The minimum atomic E-state index is -0.750. The standard InChI is InChI=1S/C30H31NO4/c1-5-20-7-9-23(10-8-20)28(32)26-27(22-13-11-21(12-14-22)19(3)4)31(30(34)29(26)33)24-15-17-25(18-16-24)35-6-2/h7-19,27,32H,5-6H2,1-4H3/b28-26-. The van der Waals surface area contributed by atoms with Gasteiger partial charge in [-0.15, -0.1) is 0 Å². The molecule has 1 fully saturated rings. The Kier molecular flexibility index (Phi) is 7.06. The third-order valence-electron chi connectivity index (χ3n) is 6.42. The highest BCUT2D eigenvalue weighted by molar-refractivity contribution is 6.51. The summed E-state index contributed by atoms with van der Waals surface area (Å²) in [5, 5.41) is 11.3. The zero-order chi connectivity index (χ0) is 25.1. The van der Waals surface area contributed by atoms with E-state index in [-0.39, 0.29) is 11.3 Å². The summed E-state index contributed by atoms with van der Waals surface area (Å²) >= 11 is 0. The SMILES string of the molecule is CCOc1ccc(N2C(=O)C(=O)/C(=C(\O)c3ccc(CC)cc3)C2c2ccc(C(C)C)cc2)cc1. The van der Waals surface area contributed by atoms with Crippen molar-refractivity contribution in [2.24, 2.45) is 0 Å². The number of aliphatic hydroxyl groups excluding tert-OH is 1. The monoisotopic (exact) mass is 469 g/mol. The van der Waals surface area contributed by atoms with Crippen LogP contribution in [-0.4, -0.2) is 23.4 Å². The number of aryl methyl sites for hydroxylation is 1. The van der Waals surface area contributed by atoms with Crippen LogP contribution in [0.15, 0.2) is 78.4 Å². The molecule has 0 radical (unpaired) electrons. The number of ketones is 1. The van der Waals surface area contributed by atoms with Gasteiger partial charge in [0.2, 0.25) is 0 Å². The van der Waals surface area contributed by atoms with Crippen LogP contribution in [0.3, 0.4) is 0 Å². The van der Waals surface area contributed by atoms with Crippen molar-refractivity contribution in [1.82, 2.24) is 0 Å². The molecule has 1 atom stereocenters. The molecule has 0 aromatic heterocycles. The van der Waals surface area contributed by atoms with Crippen LogP contribution in [0.1, 0.15) is 61.9 Å². The fraction of sp³-hybridized carbons (Fsp3) is 0.267. The van der Waals surface area contributed by atoms with Gasteiger partial charge < -0.3 is 9.84 Å². The Morgan fingerprint density at radius 2 is 1.54 bits per heavy atom. The number of Topliss-reactive ketones (excluding diaryl/α,β-unsaturated/α-hetero) is 1. The van der Waals surface area contributed by atoms with E-state index in [9.17, 15) is 14.7 Å². The van der Waals surface area contributed by atoms with Gasteiger partial charge in [0.1, 0.15) is 11.5 Å². The van der Waals surface area contributed by atoms with Crippen molar-refractivity contribution in [3.05, 3.63) is 101 Å². The average molecular weight is 470 g/mol. The molecule has 1 aliphatic rings. The zero-order valence-electron chi connectivity index (χ0n) is 20.6. The molecule has 1 aliphatic heterocycles. The number of benzene rings is 3. The van der Waals surface area contributed by atoms with E-state index in [0.29, 0.717) is 29.5 Å². The lowest BCUT2D eigenvalue weighted by molar-refractivity contribution is -0.132. The molecule has 1 heterocycles. The van der Waals surface area contributed by atoms with E-state index < -0.39 is 17.7 Å². The first-order valence-electron chi connectivity index (χ1n) is 12.1. The smallest absolute Gasteiger partial charge is 0.300 e. The van der Waals surface area contributed by atoms with Gasteiger partial charge in [-0.05, 0) is 60.2 Å². The molecule has 3 aromatic carbocycles. The largest absolute Gasteiger partial charge is 0.507 e. The van der Waals surface area contributed by atoms with Crippen molar-refractivity contribution >= 4 is 23.1 Å². The Balaban J connectivity index is 1.86. The van der Waals surface area contributed by atoms with Gasteiger partial charge >= 0.3 is 0 Å². The summed E-state index contributed by atoms with van der Waals surface area (Å²) in [6, 6.07) is 21.6. The van der Waals surface area contributed by atoms with Gasteiger partial charge in [-0.2, -0.15) is 0 Å². The van der Waals surface area contributed by atoms with Gasteiger partial charge in [0, 0.05) is 11.3 Å². The van der Waals surface area contributed by atoms with Gasteiger partial charge in [-0.1, -0.05) is 69.3 Å². The predicted molar refractivity (Wildman–Crippen MR) is 139 cm³/mol. The first-order valence-corrected chi connectivity index (χ1v) is 12.1. The third kappa shape index (κ3) is 4.72. The molecular weight excluding hydrogens is 438 g/mol. The van der Waals surface area contributed by atoms with Crippen LogP contribution >= 0.6 is 0 Å². The van der Waals surface area contributed by atoms with E-state index in [2.05, 4.69) is 20.8 Å². The van der Waals surface area contributed by atoms with Crippen LogP contribution in [0.5, 0.6) is 5.75 Å². The molecular formula is C30H31NO4. The lowest BCUT2D eigenvalue weighted by atomic mass is 9.93. The van der Waals surface area contributed by atoms with Gasteiger partial charge in [0.15, 0.2) is 0 Å². The topological polar surface area (TPSA) is 66.8 Å². The summed E-state index contributed by atoms with van der Waals surface area (Å²) in [5.74, 6) is -0.509. The molecule has 1 saturated heterocycles. The number of anilines is 1. The molecule has 4 rings (SSSR count). The average Bonchev–Trinajstić information content (AvgIpc) is 3.14. The summed E-state index contributed by atoms with van der Waals surface area (Å²) < 4.78 is 5.53. The minimum Gasteiger partial charge on any atom is -0.507 e. The summed E-state index contributed by atoms with van der Waals surface area (Å²) in [6.45, 7) is 8.71. The van der Waals surface area contributed by atoms with Crippen molar-refractivity contribution in [2.45, 2.75) is 46.1 Å².